The van der Waals surface area contributed by atoms with Crippen LogP contribution in [0.2, 0.25) is 0 Å². The lowest BCUT2D eigenvalue weighted by Gasteiger charge is -2.15. The maximum Gasteiger partial charge on any atom is 0.250 e. The molecule has 0 aliphatic heterocycles. The van der Waals surface area contributed by atoms with E-state index < -0.39 is 11.7 Å². The number of ether oxygens (including phenoxy) is 3. The molecular formula is C26H23BrFN5O4S. The molecule has 9 nitrogen and oxygen atoms in total. The third-order valence-corrected chi connectivity index (χ3v) is 6.68. The molecule has 0 aliphatic rings. The highest BCUT2D eigenvalue weighted by Crippen LogP contribution is 2.41. The summed E-state index contributed by atoms with van der Waals surface area (Å²) in [5, 5.41) is 13.1. The zero-order valence-electron chi connectivity index (χ0n) is 20.6. The van der Waals surface area contributed by atoms with E-state index in [1.807, 2.05) is 34.9 Å². The predicted molar refractivity (Wildman–Crippen MR) is 147 cm³/mol. The lowest BCUT2D eigenvalue weighted by atomic mass is 10.1. The van der Waals surface area contributed by atoms with Crippen molar-refractivity contribution in [1.29, 1.82) is 0 Å². The van der Waals surface area contributed by atoms with Gasteiger partial charge in [-0.3, -0.25) is 9.36 Å². The quantitative estimate of drug-likeness (QED) is 0.154. The maximum atomic E-state index is 13.9. The lowest BCUT2D eigenvalue weighted by molar-refractivity contribution is -0.118. The number of hydrogen-bond donors (Lipinski definition) is 1. The largest absolute Gasteiger partial charge is 0.493 e. The number of nitrogens with one attached hydrogen (secondary N) is 1. The molecule has 4 aromatic rings. The van der Waals surface area contributed by atoms with Gasteiger partial charge in [0.05, 0.1) is 33.3 Å². The van der Waals surface area contributed by atoms with Crippen molar-refractivity contribution in [1.82, 2.24) is 20.2 Å². The van der Waals surface area contributed by atoms with Gasteiger partial charge in [-0.1, -0.05) is 45.9 Å². The van der Waals surface area contributed by atoms with Crippen molar-refractivity contribution < 1.29 is 23.4 Å². The van der Waals surface area contributed by atoms with Crippen LogP contribution in [0.3, 0.4) is 0 Å². The minimum atomic E-state index is -0.448. The topological polar surface area (TPSA) is 99.9 Å². The summed E-state index contributed by atoms with van der Waals surface area (Å²) in [5.74, 6) is 1.07. The zero-order chi connectivity index (χ0) is 27.1. The van der Waals surface area contributed by atoms with E-state index >= 15 is 0 Å². The number of aromatic nitrogens is 3. The lowest BCUT2D eigenvalue weighted by Crippen LogP contribution is -2.20. The normalized spacial score (nSPS) is 11.0. The number of nitrogens with zero attached hydrogens (tertiary/aromatic N) is 4. The van der Waals surface area contributed by atoms with Gasteiger partial charge < -0.3 is 14.2 Å². The molecule has 4 rings (SSSR count). The number of thioether (sulfide) groups is 1. The van der Waals surface area contributed by atoms with Gasteiger partial charge in [-0.05, 0) is 42.5 Å². The van der Waals surface area contributed by atoms with Gasteiger partial charge in [-0.25, -0.2) is 9.82 Å². The molecule has 0 bridgehead atoms. The van der Waals surface area contributed by atoms with Gasteiger partial charge in [0, 0.05) is 21.3 Å². The van der Waals surface area contributed by atoms with Crippen molar-refractivity contribution in [2.75, 3.05) is 27.1 Å². The highest BCUT2D eigenvalue weighted by atomic mass is 79.9. The van der Waals surface area contributed by atoms with Crippen LogP contribution in [0.5, 0.6) is 17.2 Å². The number of benzene rings is 3. The molecule has 0 spiro atoms. The number of hydrogen-bond acceptors (Lipinski definition) is 8. The highest BCUT2D eigenvalue weighted by Gasteiger charge is 2.21. The molecule has 3 aromatic carbocycles. The molecule has 196 valence electrons. The smallest absolute Gasteiger partial charge is 0.250 e. The van der Waals surface area contributed by atoms with Gasteiger partial charge in [0.15, 0.2) is 22.5 Å². The van der Waals surface area contributed by atoms with Crippen molar-refractivity contribution >= 4 is 39.8 Å². The minimum Gasteiger partial charge on any atom is -0.493 e. The maximum absolute atomic E-state index is 13.9. The monoisotopic (exact) mass is 599 g/mol. The van der Waals surface area contributed by atoms with Gasteiger partial charge >= 0.3 is 0 Å². The van der Waals surface area contributed by atoms with Crippen LogP contribution in [0.15, 0.2) is 75.4 Å². The summed E-state index contributed by atoms with van der Waals surface area (Å²) < 4.78 is 32.8. The second kappa shape index (κ2) is 12.6. The molecule has 0 saturated carbocycles. The average Bonchev–Trinajstić information content (AvgIpc) is 3.37. The first-order chi connectivity index (χ1) is 18.4. The molecule has 1 aromatic heterocycles. The Hall–Kier alpha value is -3.90. The number of para-hydroxylation sites is 1. The first-order valence-electron chi connectivity index (χ1n) is 11.2. The average molecular weight is 600 g/mol. The molecule has 12 heteroatoms. The fourth-order valence-corrected chi connectivity index (χ4v) is 4.64. The van der Waals surface area contributed by atoms with Crippen molar-refractivity contribution in [2.24, 2.45) is 5.10 Å². The van der Waals surface area contributed by atoms with Gasteiger partial charge in [0.1, 0.15) is 5.82 Å². The van der Waals surface area contributed by atoms with Crippen LogP contribution in [0, 0.1) is 5.82 Å². The van der Waals surface area contributed by atoms with Crippen LogP contribution in [-0.4, -0.2) is 54.0 Å². The number of amides is 1. The van der Waals surface area contributed by atoms with Crippen LogP contribution >= 0.6 is 27.7 Å². The molecule has 1 heterocycles. The van der Waals surface area contributed by atoms with Crippen LogP contribution in [0.1, 0.15) is 5.56 Å². The first-order valence-corrected chi connectivity index (χ1v) is 12.9. The van der Waals surface area contributed by atoms with Crippen LogP contribution < -0.4 is 19.6 Å². The fourth-order valence-electron chi connectivity index (χ4n) is 3.52. The van der Waals surface area contributed by atoms with Crippen LogP contribution in [0.25, 0.3) is 17.1 Å². The van der Waals surface area contributed by atoms with Gasteiger partial charge in [-0.2, -0.15) is 5.10 Å². The van der Waals surface area contributed by atoms with Crippen molar-refractivity contribution in [3.8, 4) is 34.3 Å². The number of methoxy groups -OCH3 is 3. The van der Waals surface area contributed by atoms with E-state index in [1.165, 1.54) is 45.4 Å². The summed E-state index contributed by atoms with van der Waals surface area (Å²) in [7, 11) is 4.61. The molecule has 0 atom stereocenters. The molecule has 1 amide bonds. The molecule has 0 fully saturated rings. The Kier molecular flexibility index (Phi) is 8.98. The van der Waals surface area contributed by atoms with E-state index in [0.29, 0.717) is 38.3 Å². The van der Waals surface area contributed by atoms with E-state index in [-0.39, 0.29) is 11.3 Å². The van der Waals surface area contributed by atoms with E-state index in [1.54, 1.807) is 24.3 Å². The van der Waals surface area contributed by atoms with Crippen molar-refractivity contribution in [3.05, 3.63) is 76.5 Å². The minimum absolute atomic E-state index is 0.00146. The van der Waals surface area contributed by atoms with Gasteiger partial charge in [0.25, 0.3) is 5.91 Å². The fraction of sp³-hybridized carbons (Fsp3) is 0.154. The Bertz CT molecular complexity index is 1440. The van der Waals surface area contributed by atoms with Crippen molar-refractivity contribution in [2.45, 2.75) is 5.16 Å². The molecule has 0 saturated heterocycles. The summed E-state index contributed by atoms with van der Waals surface area (Å²) in [6.45, 7) is 0. The second-order valence-electron chi connectivity index (χ2n) is 7.64. The Balaban J connectivity index is 1.59. The van der Waals surface area contributed by atoms with Crippen molar-refractivity contribution in [3.63, 3.8) is 0 Å². The number of rotatable bonds is 10. The summed E-state index contributed by atoms with van der Waals surface area (Å²) in [6, 6.07) is 17.5. The molecule has 1 N–H and O–H groups in total. The Labute approximate surface area is 231 Å². The zero-order valence-corrected chi connectivity index (χ0v) is 23.0. The SMILES string of the molecule is COc1cc(-c2nnc(SCC(=O)N/N=C/c3cc(Br)ccc3F)n2-c2ccccc2)cc(OC)c1OC. The van der Waals surface area contributed by atoms with Gasteiger partial charge in [0.2, 0.25) is 5.75 Å². The van der Waals surface area contributed by atoms with Crippen LogP contribution in [0.4, 0.5) is 4.39 Å². The Morgan fingerprint density at radius 3 is 2.42 bits per heavy atom. The number of hydrazone groups is 1. The summed E-state index contributed by atoms with van der Waals surface area (Å²) in [5.41, 5.74) is 4.13. The summed E-state index contributed by atoms with van der Waals surface area (Å²) in [4.78, 5) is 12.5. The van der Waals surface area contributed by atoms with E-state index in [2.05, 4.69) is 36.7 Å². The highest BCUT2D eigenvalue weighted by molar-refractivity contribution is 9.10. The Morgan fingerprint density at radius 1 is 1.05 bits per heavy atom. The van der Waals surface area contributed by atoms with E-state index in [4.69, 9.17) is 14.2 Å². The molecule has 0 radical (unpaired) electrons. The standard InChI is InChI=1S/C26H23BrFN5O4S/c1-35-21-12-16(13-22(36-2)24(21)37-3)25-31-32-26(33(25)19-7-5-4-6-8-19)38-15-23(34)30-29-14-17-11-18(27)9-10-20(17)28/h4-14H,15H2,1-3H3,(H,30,34)/b29-14+. The number of halogens is 2. The third kappa shape index (κ3) is 6.14. The summed E-state index contributed by atoms with van der Waals surface area (Å²) in [6.07, 6.45) is 1.25. The van der Waals surface area contributed by atoms with E-state index in [0.717, 1.165) is 5.69 Å². The predicted octanol–water partition coefficient (Wildman–Crippen LogP) is 5.10. The second-order valence-corrected chi connectivity index (χ2v) is 9.50. The number of carbonyl (C=O) groups is 1. The molecule has 0 unspecified atom stereocenters. The summed E-state index contributed by atoms with van der Waals surface area (Å²) >= 11 is 4.46. The van der Waals surface area contributed by atoms with E-state index in [9.17, 15) is 9.18 Å². The molecule has 38 heavy (non-hydrogen) atoms. The Morgan fingerprint density at radius 2 is 1.76 bits per heavy atom. The first kappa shape index (κ1) is 27.1. The molecule has 0 aliphatic carbocycles. The third-order valence-electron chi connectivity index (χ3n) is 5.25. The molecular weight excluding hydrogens is 577 g/mol. The van der Waals surface area contributed by atoms with Gasteiger partial charge in [-0.15, -0.1) is 10.2 Å². The number of carbonyl (C=O) groups excluding carboxylic acids is 1. The van der Waals surface area contributed by atoms with Crippen LogP contribution in [-0.2, 0) is 4.79 Å².